The van der Waals surface area contributed by atoms with Crippen LogP contribution in [0.3, 0.4) is 0 Å². The summed E-state index contributed by atoms with van der Waals surface area (Å²) in [5.74, 6) is 1.79. The van der Waals surface area contributed by atoms with Crippen molar-refractivity contribution in [2.45, 2.75) is 51.9 Å². The number of nitrogens with zero attached hydrogens (tertiary/aromatic N) is 2. The van der Waals surface area contributed by atoms with Crippen LogP contribution in [-0.2, 0) is 10.8 Å². The maximum atomic E-state index is 10.3. The van der Waals surface area contributed by atoms with E-state index in [4.69, 9.17) is 4.74 Å². The maximum Gasteiger partial charge on any atom is 0.492 e. The van der Waals surface area contributed by atoms with Crippen molar-refractivity contribution >= 4 is 74.3 Å². The summed E-state index contributed by atoms with van der Waals surface area (Å²) in [5.41, 5.74) is 23.7. The lowest BCUT2D eigenvalue weighted by atomic mass is 9.66. The molecule has 396 valence electrons. The van der Waals surface area contributed by atoms with Gasteiger partial charge in [0.2, 0.25) is 0 Å². The van der Waals surface area contributed by atoms with Crippen LogP contribution in [0.4, 0.5) is 0 Å². The molecule has 7 nitrogen and oxygen atoms in total. The van der Waals surface area contributed by atoms with Gasteiger partial charge < -0.3 is 34.0 Å². The van der Waals surface area contributed by atoms with E-state index in [1.165, 1.54) is 49.3 Å². The van der Waals surface area contributed by atoms with Gasteiger partial charge in [0.1, 0.15) is 11.5 Å². The van der Waals surface area contributed by atoms with Gasteiger partial charge in [0.05, 0.1) is 22.1 Å². The molecule has 1 atom stereocenters. The summed E-state index contributed by atoms with van der Waals surface area (Å²) in [4.78, 5) is 0. The third kappa shape index (κ3) is 7.33. The number of allylic oxidation sites excluding steroid dienone is 4. The van der Waals surface area contributed by atoms with E-state index in [1.54, 1.807) is 17.7 Å². The van der Waals surface area contributed by atoms with Crippen molar-refractivity contribution in [2.75, 3.05) is 0 Å². The minimum absolute atomic E-state index is 0.0449. The van der Waals surface area contributed by atoms with Gasteiger partial charge in [0.25, 0.3) is 0 Å². The van der Waals surface area contributed by atoms with Gasteiger partial charge in [-0.25, -0.2) is 0 Å². The molecule has 82 heavy (non-hydrogen) atoms. The Morgan fingerprint density at radius 2 is 0.951 bits per heavy atom. The zero-order valence-corrected chi connectivity index (χ0v) is 46.3. The van der Waals surface area contributed by atoms with E-state index >= 15 is 0 Å². The Morgan fingerprint density at radius 3 is 1.65 bits per heavy atom. The molecule has 0 bridgehead atoms. The van der Waals surface area contributed by atoms with Crippen molar-refractivity contribution in [1.29, 1.82) is 0 Å². The molecule has 9 heteroatoms. The van der Waals surface area contributed by atoms with Gasteiger partial charge in [-0.2, -0.15) is 0 Å². The number of ether oxygens (including phenoxy) is 1. The summed E-state index contributed by atoms with van der Waals surface area (Å²) >= 11 is 0. The lowest BCUT2D eigenvalue weighted by Gasteiger charge is -2.36. The molecular weight excluding hydrogens is 1010 g/mol. The van der Waals surface area contributed by atoms with Crippen LogP contribution in [0.1, 0.15) is 63.3 Å². The molecule has 0 saturated heterocycles. The Hall–Kier alpha value is -8.95. The van der Waals surface area contributed by atoms with Gasteiger partial charge in [0, 0.05) is 65.9 Å². The molecule has 16 rings (SSSR count). The van der Waals surface area contributed by atoms with Crippen LogP contribution >= 0.6 is 0 Å². The highest BCUT2D eigenvalue weighted by atomic mass is 16.5. The quantitative estimate of drug-likeness (QED) is 0.124. The second-order valence-electron chi connectivity index (χ2n) is 23.6. The number of hydrogen-bond donors (Lipinski definition) is 4. The fourth-order valence-electron chi connectivity index (χ4n) is 14.5. The molecule has 10 aromatic carbocycles. The average Bonchev–Trinajstić information content (AvgIpc) is 4.17. The van der Waals surface area contributed by atoms with Crippen LogP contribution < -0.4 is 15.7 Å². The van der Waals surface area contributed by atoms with Crippen LogP contribution in [0.5, 0.6) is 11.5 Å². The monoisotopic (exact) mass is 1060 g/mol. The molecule has 0 amide bonds. The number of fused-ring (bicyclic) bond motifs is 14. The van der Waals surface area contributed by atoms with Crippen LogP contribution in [-0.4, -0.2) is 43.5 Å². The van der Waals surface area contributed by atoms with Crippen LogP contribution in [0.15, 0.2) is 224 Å². The van der Waals surface area contributed by atoms with Gasteiger partial charge in [0.15, 0.2) is 0 Å². The highest BCUT2D eigenvalue weighted by Gasteiger charge is 2.42. The number of rotatable bonds is 6. The van der Waals surface area contributed by atoms with E-state index in [2.05, 4.69) is 220 Å². The predicted molar refractivity (Wildman–Crippen MR) is 338 cm³/mol. The van der Waals surface area contributed by atoms with Crippen molar-refractivity contribution in [3.8, 4) is 67.4 Å². The van der Waals surface area contributed by atoms with Crippen molar-refractivity contribution in [1.82, 2.24) is 9.13 Å². The SMILES string of the molecule is CC1CC=CC2=C1C(C)(C)c1cc3c(cc12)c1cc(-c2cccc4c2Oc2c(B(O)O)cccc2C4(C)C)ccc1n3-c1ccccc1.OB(O)c1cccc2c1-c1c(-c3ccc4c(c3)c3ccccc3n4-c3ccccc3)cccc1-2. The molecule has 0 radical (unpaired) electrons. The molecule has 4 aliphatic rings. The summed E-state index contributed by atoms with van der Waals surface area (Å²) in [6.07, 6.45) is 5.77. The van der Waals surface area contributed by atoms with Crippen molar-refractivity contribution in [3.05, 3.63) is 246 Å². The molecule has 4 N–H and O–H groups in total. The zero-order valence-electron chi connectivity index (χ0n) is 46.3. The molecule has 3 aliphatic carbocycles. The Kier molecular flexibility index (Phi) is 11.3. The van der Waals surface area contributed by atoms with E-state index in [0.29, 0.717) is 22.6 Å². The summed E-state index contributed by atoms with van der Waals surface area (Å²) in [6, 6.07) is 71.9. The van der Waals surface area contributed by atoms with E-state index < -0.39 is 19.7 Å². The van der Waals surface area contributed by atoms with Gasteiger partial charge in [-0.05, 0) is 146 Å². The Balaban J connectivity index is 0.000000149. The number of benzene rings is 10. The smallest absolute Gasteiger partial charge is 0.456 e. The first kappa shape index (κ1) is 50.0. The first-order valence-electron chi connectivity index (χ1n) is 28.4. The molecule has 0 saturated carbocycles. The number of para-hydroxylation sites is 5. The summed E-state index contributed by atoms with van der Waals surface area (Å²) < 4.78 is 11.4. The van der Waals surface area contributed by atoms with Gasteiger partial charge >= 0.3 is 14.2 Å². The first-order valence-corrected chi connectivity index (χ1v) is 28.4. The van der Waals surface area contributed by atoms with Crippen LogP contribution in [0, 0.1) is 5.92 Å². The largest absolute Gasteiger partial charge is 0.492 e. The van der Waals surface area contributed by atoms with E-state index in [1.807, 2.05) is 30.3 Å². The van der Waals surface area contributed by atoms with Crippen molar-refractivity contribution in [3.63, 3.8) is 0 Å². The Bertz CT molecular complexity index is 4720. The molecule has 0 spiro atoms. The minimum Gasteiger partial charge on any atom is -0.456 e. The van der Waals surface area contributed by atoms with Gasteiger partial charge in [-0.3, -0.25) is 0 Å². The van der Waals surface area contributed by atoms with Crippen molar-refractivity contribution in [2.24, 2.45) is 5.92 Å². The van der Waals surface area contributed by atoms with E-state index in [-0.39, 0.29) is 5.41 Å². The van der Waals surface area contributed by atoms with E-state index in [9.17, 15) is 20.1 Å². The van der Waals surface area contributed by atoms with Crippen molar-refractivity contribution < 1.29 is 24.8 Å². The fraction of sp³-hybridized carbons (Fsp3) is 0.123. The molecule has 1 unspecified atom stereocenters. The van der Waals surface area contributed by atoms with Crippen LogP contribution in [0.25, 0.3) is 105 Å². The molecule has 12 aromatic rings. The normalized spacial score (nSPS) is 15.6. The number of hydrogen-bond acceptors (Lipinski definition) is 5. The third-order valence-corrected chi connectivity index (χ3v) is 18.3. The summed E-state index contributed by atoms with van der Waals surface area (Å²) in [6.45, 7) is 11.5. The van der Waals surface area contributed by atoms with Crippen LogP contribution in [0.2, 0.25) is 0 Å². The summed E-state index contributed by atoms with van der Waals surface area (Å²) in [7, 11) is -3.13. The number of aromatic nitrogens is 2. The lowest BCUT2D eigenvalue weighted by molar-refractivity contribution is 0.406. The average molecular weight is 1060 g/mol. The second kappa shape index (κ2) is 18.5. The van der Waals surface area contributed by atoms with Gasteiger partial charge in [-0.15, -0.1) is 0 Å². The van der Waals surface area contributed by atoms with E-state index in [0.717, 1.165) is 90.2 Å². The molecular formula is C73H58B2N2O5. The topological polar surface area (TPSA) is 100 Å². The standard InChI is InChI=1S/C43H38BNO3.C30H20BNO2/c1-25-12-9-16-29-30-23-32-31-22-26(28-15-10-17-33-40(28)48-41-34(42(33,2)3)18-11-19-36(41)44(46)47)20-21-37(31)45(27-13-7-6-8-14-27)38(32)24-35(30)43(4,5)39(25)29;33-31(34)26-14-7-13-24-23-12-6-11-21(29(23)30(24)26)19-16-17-28-25(18-19)22-10-4-5-15-27(22)32(28)20-8-2-1-3-9-20/h6-11,13-25,46-47H,12H2,1-5H3;1-18,33-34H. The lowest BCUT2D eigenvalue weighted by Crippen LogP contribution is -2.35. The molecule has 2 aromatic heterocycles. The zero-order chi connectivity index (χ0) is 55.9. The summed E-state index contributed by atoms with van der Waals surface area (Å²) in [5, 5.41) is 45.3. The Morgan fingerprint density at radius 1 is 0.427 bits per heavy atom. The molecule has 3 heterocycles. The minimum atomic E-state index is -1.63. The fourth-order valence-corrected chi connectivity index (χ4v) is 14.5. The Labute approximate surface area is 477 Å². The highest BCUT2D eigenvalue weighted by Crippen LogP contribution is 2.56. The maximum absolute atomic E-state index is 10.3. The first-order chi connectivity index (χ1) is 39.8. The molecule has 1 aliphatic heterocycles. The third-order valence-electron chi connectivity index (χ3n) is 18.3. The molecule has 0 fully saturated rings. The highest BCUT2D eigenvalue weighted by molar-refractivity contribution is 6.61. The van der Waals surface area contributed by atoms with Gasteiger partial charge in [-0.1, -0.05) is 186 Å². The second-order valence-corrected chi connectivity index (χ2v) is 23.6. The predicted octanol–water partition coefficient (Wildman–Crippen LogP) is 15.0.